The van der Waals surface area contributed by atoms with Crippen molar-refractivity contribution in [3.63, 3.8) is 0 Å². The molecule has 1 aromatic carbocycles. The monoisotopic (exact) mass is 247 g/mol. The molecule has 0 heterocycles. The average Bonchev–Trinajstić information content (AvgIpc) is 2.14. The summed E-state index contributed by atoms with van der Waals surface area (Å²) in [5, 5.41) is 10.7. The number of hydrogen-bond acceptors (Lipinski definition) is 3. The molecule has 0 amide bonds. The molecule has 17 heavy (non-hydrogen) atoms. The molecule has 0 aromatic heterocycles. The highest BCUT2D eigenvalue weighted by molar-refractivity contribution is 5.98. The smallest absolute Gasteiger partial charge is 0.294 e. The third-order valence-corrected chi connectivity index (χ3v) is 2.12. The first-order valence-electron chi connectivity index (χ1n) is 4.51. The van der Waals surface area contributed by atoms with Crippen LogP contribution in [0, 0.1) is 17.0 Å². The minimum absolute atomic E-state index is 0.146. The third kappa shape index (κ3) is 2.61. The number of rotatable bonds is 2. The van der Waals surface area contributed by atoms with E-state index in [2.05, 4.69) is 0 Å². The molecule has 0 N–H and O–H groups in total. The third-order valence-electron chi connectivity index (χ3n) is 2.12. The number of carbonyl (C=O) groups excluding carboxylic acids is 1. The predicted molar refractivity (Wildman–Crippen MR) is 52.8 cm³/mol. The zero-order chi connectivity index (χ0) is 13.4. The fourth-order valence-electron chi connectivity index (χ4n) is 1.46. The number of alkyl halides is 3. The van der Waals surface area contributed by atoms with E-state index in [0.29, 0.717) is 6.07 Å². The van der Waals surface area contributed by atoms with Crippen LogP contribution in [0.5, 0.6) is 0 Å². The van der Waals surface area contributed by atoms with Gasteiger partial charge in [-0.25, -0.2) is 0 Å². The van der Waals surface area contributed by atoms with E-state index in [0.717, 1.165) is 13.0 Å². The SMILES string of the molecule is CC(=O)c1cc(C)cc(C(F)(F)F)c1[N+](=O)[O-]. The lowest BCUT2D eigenvalue weighted by atomic mass is 10.0. The Kier molecular flexibility index (Phi) is 3.21. The number of benzene rings is 1. The molecule has 0 saturated carbocycles. The number of nitro groups is 1. The topological polar surface area (TPSA) is 60.2 Å². The van der Waals surface area contributed by atoms with Gasteiger partial charge in [-0.15, -0.1) is 0 Å². The van der Waals surface area contributed by atoms with Gasteiger partial charge >= 0.3 is 6.18 Å². The fourth-order valence-corrected chi connectivity index (χ4v) is 1.46. The summed E-state index contributed by atoms with van der Waals surface area (Å²) in [6.45, 7) is 2.33. The number of Topliss-reactive ketones (excluding diaryl/α,β-unsaturated/α-hetero) is 1. The van der Waals surface area contributed by atoms with E-state index < -0.39 is 33.7 Å². The molecule has 0 saturated heterocycles. The van der Waals surface area contributed by atoms with Crippen LogP contribution >= 0.6 is 0 Å². The van der Waals surface area contributed by atoms with Crippen molar-refractivity contribution in [2.24, 2.45) is 0 Å². The summed E-state index contributed by atoms with van der Waals surface area (Å²) in [4.78, 5) is 20.6. The van der Waals surface area contributed by atoms with Crippen LogP contribution in [0.15, 0.2) is 12.1 Å². The zero-order valence-corrected chi connectivity index (χ0v) is 8.96. The molecular formula is C10H8F3NO3. The van der Waals surface area contributed by atoms with Crippen LogP contribution in [-0.4, -0.2) is 10.7 Å². The Morgan fingerprint density at radius 1 is 1.35 bits per heavy atom. The van der Waals surface area contributed by atoms with Crippen LogP contribution in [0.3, 0.4) is 0 Å². The van der Waals surface area contributed by atoms with Gasteiger partial charge in [-0.05, 0) is 31.5 Å². The van der Waals surface area contributed by atoms with Gasteiger partial charge in [0.1, 0.15) is 5.56 Å². The predicted octanol–water partition coefficient (Wildman–Crippen LogP) is 3.12. The fraction of sp³-hybridized carbons (Fsp3) is 0.300. The van der Waals surface area contributed by atoms with Crippen LogP contribution < -0.4 is 0 Å². The maximum Gasteiger partial charge on any atom is 0.423 e. The summed E-state index contributed by atoms with van der Waals surface area (Å²) in [5.74, 6) is -0.772. The van der Waals surface area contributed by atoms with Gasteiger partial charge < -0.3 is 0 Å². The van der Waals surface area contributed by atoms with Crippen molar-refractivity contribution in [1.29, 1.82) is 0 Å². The zero-order valence-electron chi connectivity index (χ0n) is 8.96. The van der Waals surface area contributed by atoms with Crippen molar-refractivity contribution >= 4 is 11.5 Å². The molecule has 0 aliphatic rings. The van der Waals surface area contributed by atoms with Crippen LogP contribution in [0.2, 0.25) is 0 Å². The number of halogens is 3. The molecule has 0 aliphatic heterocycles. The van der Waals surface area contributed by atoms with Gasteiger partial charge in [-0.3, -0.25) is 14.9 Å². The molecule has 7 heteroatoms. The lowest BCUT2D eigenvalue weighted by Gasteiger charge is -2.10. The first-order valence-corrected chi connectivity index (χ1v) is 4.51. The van der Waals surface area contributed by atoms with Crippen molar-refractivity contribution < 1.29 is 22.9 Å². The Morgan fingerprint density at radius 3 is 2.24 bits per heavy atom. The minimum Gasteiger partial charge on any atom is -0.294 e. The molecule has 0 atom stereocenters. The number of aryl methyl sites for hydroxylation is 1. The van der Waals surface area contributed by atoms with Gasteiger partial charge in [0.15, 0.2) is 5.78 Å². The van der Waals surface area contributed by atoms with Crippen molar-refractivity contribution in [3.8, 4) is 0 Å². The van der Waals surface area contributed by atoms with Gasteiger partial charge in [0.25, 0.3) is 5.69 Å². The highest BCUT2D eigenvalue weighted by atomic mass is 19.4. The Labute approximate surface area is 94.2 Å². The molecular weight excluding hydrogens is 239 g/mol. The summed E-state index contributed by atoms with van der Waals surface area (Å²) in [5.41, 5.74) is -2.96. The summed E-state index contributed by atoms with van der Waals surface area (Å²) >= 11 is 0. The van der Waals surface area contributed by atoms with E-state index in [4.69, 9.17) is 0 Å². The van der Waals surface area contributed by atoms with E-state index in [1.54, 1.807) is 0 Å². The lowest BCUT2D eigenvalue weighted by Crippen LogP contribution is -2.13. The van der Waals surface area contributed by atoms with Crippen molar-refractivity contribution in [3.05, 3.63) is 38.9 Å². The second kappa shape index (κ2) is 4.15. The van der Waals surface area contributed by atoms with E-state index >= 15 is 0 Å². The Balaban J connectivity index is 3.70. The Morgan fingerprint density at radius 2 is 1.88 bits per heavy atom. The summed E-state index contributed by atoms with van der Waals surface area (Å²) in [6.07, 6.45) is -4.86. The second-order valence-corrected chi connectivity index (χ2v) is 3.52. The van der Waals surface area contributed by atoms with Crippen LogP contribution in [-0.2, 0) is 6.18 Å². The molecule has 1 rings (SSSR count). The van der Waals surface area contributed by atoms with Crippen molar-refractivity contribution in [2.75, 3.05) is 0 Å². The van der Waals surface area contributed by atoms with Gasteiger partial charge in [-0.2, -0.15) is 13.2 Å². The van der Waals surface area contributed by atoms with E-state index in [1.807, 2.05) is 0 Å². The van der Waals surface area contributed by atoms with Crippen LogP contribution in [0.25, 0.3) is 0 Å². The quantitative estimate of drug-likeness (QED) is 0.458. The van der Waals surface area contributed by atoms with Gasteiger partial charge in [-0.1, -0.05) is 0 Å². The van der Waals surface area contributed by atoms with E-state index in [-0.39, 0.29) is 5.56 Å². The van der Waals surface area contributed by atoms with Gasteiger partial charge in [0.05, 0.1) is 10.5 Å². The summed E-state index contributed by atoms with van der Waals surface area (Å²) < 4.78 is 37.8. The minimum atomic E-state index is -4.86. The number of hydrogen-bond donors (Lipinski definition) is 0. The number of carbonyl (C=O) groups is 1. The average molecular weight is 247 g/mol. The molecule has 4 nitrogen and oxygen atoms in total. The molecule has 0 spiro atoms. The van der Waals surface area contributed by atoms with Gasteiger partial charge in [0.2, 0.25) is 0 Å². The molecule has 1 aromatic rings. The highest BCUT2D eigenvalue weighted by Crippen LogP contribution is 2.38. The molecule has 92 valence electrons. The molecule has 0 unspecified atom stereocenters. The van der Waals surface area contributed by atoms with Crippen LogP contribution in [0.4, 0.5) is 18.9 Å². The number of nitrogens with zero attached hydrogens (tertiary/aromatic N) is 1. The summed E-state index contributed by atoms with van der Waals surface area (Å²) in [6, 6.07) is 1.74. The maximum atomic E-state index is 12.6. The lowest BCUT2D eigenvalue weighted by molar-refractivity contribution is -0.388. The van der Waals surface area contributed by atoms with E-state index in [1.165, 1.54) is 6.92 Å². The standard InChI is InChI=1S/C10H8F3NO3/c1-5-3-7(6(2)15)9(14(16)17)8(4-5)10(11,12)13/h3-4H,1-2H3. The van der Waals surface area contributed by atoms with Gasteiger partial charge in [0, 0.05) is 0 Å². The van der Waals surface area contributed by atoms with E-state index in [9.17, 15) is 28.1 Å². The molecule has 0 bridgehead atoms. The normalized spacial score (nSPS) is 11.4. The second-order valence-electron chi connectivity index (χ2n) is 3.52. The maximum absolute atomic E-state index is 12.6. The van der Waals surface area contributed by atoms with Crippen molar-refractivity contribution in [1.82, 2.24) is 0 Å². The first kappa shape index (κ1) is 13.1. The number of ketones is 1. The van der Waals surface area contributed by atoms with Crippen LogP contribution in [0.1, 0.15) is 28.4 Å². The summed E-state index contributed by atoms with van der Waals surface area (Å²) in [7, 11) is 0. The first-order chi connectivity index (χ1) is 7.64. The molecule has 0 fully saturated rings. The Bertz CT molecular complexity index is 494. The molecule has 0 aliphatic carbocycles. The Hall–Kier alpha value is -1.92. The highest BCUT2D eigenvalue weighted by Gasteiger charge is 2.40. The molecule has 0 radical (unpaired) electrons. The largest absolute Gasteiger partial charge is 0.423 e. The number of nitro benzene ring substituents is 1. The van der Waals surface area contributed by atoms with Crippen molar-refractivity contribution in [2.45, 2.75) is 20.0 Å².